The fourth-order valence-electron chi connectivity index (χ4n) is 4.19. The molecule has 0 aliphatic carbocycles. The Labute approximate surface area is 227 Å². The molecule has 4 rings (SSSR count). The van der Waals surface area contributed by atoms with Gasteiger partial charge in [-0.1, -0.05) is 29.8 Å². The van der Waals surface area contributed by atoms with Crippen LogP contribution in [0.2, 0.25) is 5.02 Å². The van der Waals surface area contributed by atoms with Crippen molar-refractivity contribution in [3.05, 3.63) is 94.0 Å². The topological polar surface area (TPSA) is 53.9 Å². The van der Waals surface area contributed by atoms with Crippen LogP contribution in [0.25, 0.3) is 0 Å². The molecular formula is C26H18ClF8N3O2. The van der Waals surface area contributed by atoms with Gasteiger partial charge in [-0.05, 0) is 61.0 Å². The Kier molecular flexibility index (Phi) is 7.72. The summed E-state index contributed by atoms with van der Waals surface area (Å²) in [7, 11) is 0. The van der Waals surface area contributed by atoms with Crippen molar-refractivity contribution in [3.63, 3.8) is 0 Å². The zero-order valence-electron chi connectivity index (χ0n) is 20.2. The van der Waals surface area contributed by atoms with E-state index in [0.717, 1.165) is 47.5 Å². The van der Waals surface area contributed by atoms with Gasteiger partial charge in [0.2, 0.25) is 0 Å². The van der Waals surface area contributed by atoms with Gasteiger partial charge < -0.3 is 10.1 Å². The number of alkyl halides is 8. The number of amides is 2. The average Bonchev–Trinajstić information content (AvgIpc) is 3.22. The van der Waals surface area contributed by atoms with Crippen LogP contribution >= 0.6 is 11.6 Å². The highest BCUT2D eigenvalue weighted by molar-refractivity contribution is 6.32. The Morgan fingerprint density at radius 3 is 2.12 bits per heavy atom. The molecule has 1 unspecified atom stereocenters. The third-order valence-corrected chi connectivity index (χ3v) is 6.48. The maximum atomic E-state index is 13.3. The predicted octanol–water partition coefficient (Wildman–Crippen LogP) is 8.19. The van der Waals surface area contributed by atoms with Gasteiger partial charge in [-0.25, -0.2) is 9.80 Å². The summed E-state index contributed by atoms with van der Waals surface area (Å²) in [5, 5.41) is 7.09. The molecule has 1 N–H and O–H groups in total. The molecule has 212 valence electrons. The second-order valence-electron chi connectivity index (χ2n) is 8.94. The van der Waals surface area contributed by atoms with Crippen molar-refractivity contribution in [2.45, 2.75) is 31.3 Å². The molecule has 3 aromatic rings. The number of hydrogen-bond acceptors (Lipinski definition) is 3. The van der Waals surface area contributed by atoms with Crippen molar-refractivity contribution >= 4 is 29.0 Å². The summed E-state index contributed by atoms with van der Waals surface area (Å²) >= 11 is 5.92. The number of carbonyl (C=O) groups is 1. The van der Waals surface area contributed by atoms with Crippen molar-refractivity contribution < 1.29 is 44.7 Å². The molecule has 2 amide bonds. The first kappa shape index (κ1) is 29.1. The van der Waals surface area contributed by atoms with E-state index in [1.165, 1.54) is 24.3 Å². The number of ether oxygens (including phenoxy) is 1. The van der Waals surface area contributed by atoms with Crippen LogP contribution in [0.3, 0.4) is 0 Å². The van der Waals surface area contributed by atoms with Crippen LogP contribution in [0.4, 0.5) is 45.6 Å². The van der Waals surface area contributed by atoms with Crippen molar-refractivity contribution in [3.8, 4) is 5.75 Å². The fourth-order valence-corrected chi connectivity index (χ4v) is 4.48. The SMILES string of the molecule is CC1(c2ccc(OC(F)F)cc2)CN(C(=O)Nc2ccc(C(F)(F)F)cc2)N=C1c1ccc(C(F)(F)F)c(Cl)c1. The highest BCUT2D eigenvalue weighted by atomic mass is 35.5. The van der Waals surface area contributed by atoms with Gasteiger partial charge in [0.05, 0.1) is 33.8 Å². The number of hydrogen-bond donors (Lipinski definition) is 1. The van der Waals surface area contributed by atoms with E-state index in [1.807, 2.05) is 0 Å². The summed E-state index contributed by atoms with van der Waals surface area (Å²) in [5.74, 6) is -0.145. The smallest absolute Gasteiger partial charge is 0.417 e. The summed E-state index contributed by atoms with van der Waals surface area (Å²) < 4.78 is 108. The second kappa shape index (κ2) is 10.6. The lowest BCUT2D eigenvalue weighted by molar-refractivity contribution is -0.138. The van der Waals surface area contributed by atoms with Gasteiger partial charge in [-0.15, -0.1) is 0 Å². The Hall–Kier alpha value is -3.87. The third kappa shape index (κ3) is 6.14. The van der Waals surface area contributed by atoms with Crippen molar-refractivity contribution in [1.29, 1.82) is 0 Å². The minimum atomic E-state index is -4.72. The van der Waals surface area contributed by atoms with Crippen LogP contribution < -0.4 is 10.1 Å². The summed E-state index contributed by atoms with van der Waals surface area (Å²) in [6.07, 6.45) is -9.29. The number of hydrazone groups is 1. The lowest BCUT2D eigenvalue weighted by atomic mass is 9.76. The standard InChI is InChI=1S/C26H18ClF8N3O2/c1-24(15-5-9-18(10-6-15)40-22(28)29)13-38(23(39)36-17-7-3-16(4-8-17)25(30,31)32)37-21(24)14-2-11-19(20(27)12-14)26(33,34)35/h2-12,22H,13H2,1H3,(H,36,39). The quantitative estimate of drug-likeness (QED) is 0.304. The van der Waals surface area contributed by atoms with E-state index in [0.29, 0.717) is 5.56 Å². The minimum Gasteiger partial charge on any atom is -0.435 e. The number of halogens is 9. The number of urea groups is 1. The highest BCUT2D eigenvalue weighted by Gasteiger charge is 2.44. The normalized spacial score (nSPS) is 17.7. The molecule has 0 spiro atoms. The molecule has 5 nitrogen and oxygen atoms in total. The molecule has 0 fully saturated rings. The predicted molar refractivity (Wildman–Crippen MR) is 131 cm³/mol. The van der Waals surface area contributed by atoms with Crippen LogP contribution in [0.1, 0.15) is 29.2 Å². The molecule has 3 aromatic carbocycles. The largest absolute Gasteiger partial charge is 0.435 e. The number of carbonyl (C=O) groups excluding carboxylic acids is 1. The van der Waals surface area contributed by atoms with Gasteiger partial charge in [0.25, 0.3) is 0 Å². The van der Waals surface area contributed by atoms with E-state index in [4.69, 9.17) is 11.6 Å². The number of nitrogens with one attached hydrogen (secondary N) is 1. The van der Waals surface area contributed by atoms with Gasteiger partial charge in [0.15, 0.2) is 0 Å². The molecule has 1 aliphatic rings. The van der Waals surface area contributed by atoms with E-state index in [2.05, 4.69) is 15.2 Å². The lowest BCUT2D eigenvalue weighted by Crippen LogP contribution is -2.38. The van der Waals surface area contributed by atoms with Gasteiger partial charge >= 0.3 is 25.0 Å². The van der Waals surface area contributed by atoms with E-state index in [-0.39, 0.29) is 29.3 Å². The van der Waals surface area contributed by atoms with Crippen LogP contribution in [0.15, 0.2) is 71.8 Å². The first-order valence-electron chi connectivity index (χ1n) is 11.4. The second-order valence-corrected chi connectivity index (χ2v) is 9.35. The maximum Gasteiger partial charge on any atom is 0.417 e. The molecule has 40 heavy (non-hydrogen) atoms. The van der Waals surface area contributed by atoms with E-state index >= 15 is 0 Å². The number of anilines is 1. The fraction of sp³-hybridized carbons (Fsp3) is 0.231. The van der Waals surface area contributed by atoms with Crippen LogP contribution in [0, 0.1) is 0 Å². The van der Waals surface area contributed by atoms with Gasteiger partial charge in [0.1, 0.15) is 5.75 Å². The Morgan fingerprint density at radius 2 is 1.60 bits per heavy atom. The molecule has 1 atom stereocenters. The van der Waals surface area contributed by atoms with Gasteiger partial charge in [0, 0.05) is 11.3 Å². The van der Waals surface area contributed by atoms with Crippen molar-refractivity contribution in [2.75, 3.05) is 11.9 Å². The zero-order valence-corrected chi connectivity index (χ0v) is 21.0. The number of benzene rings is 3. The van der Waals surface area contributed by atoms with E-state index in [9.17, 15) is 39.9 Å². The van der Waals surface area contributed by atoms with E-state index < -0.39 is 46.6 Å². The molecule has 14 heteroatoms. The first-order chi connectivity index (χ1) is 18.6. The summed E-state index contributed by atoms with van der Waals surface area (Å²) in [6.45, 7) is -1.60. The summed E-state index contributed by atoms with van der Waals surface area (Å²) in [5.41, 5.74) is -2.40. The van der Waals surface area contributed by atoms with Gasteiger partial charge in [-0.2, -0.15) is 40.2 Å². The number of nitrogens with zero attached hydrogens (tertiary/aromatic N) is 2. The summed E-state index contributed by atoms with van der Waals surface area (Å²) in [4.78, 5) is 13.0. The maximum absolute atomic E-state index is 13.3. The van der Waals surface area contributed by atoms with Gasteiger partial charge in [-0.3, -0.25) is 0 Å². The van der Waals surface area contributed by atoms with Crippen LogP contribution in [-0.2, 0) is 17.8 Å². The highest BCUT2D eigenvalue weighted by Crippen LogP contribution is 2.40. The van der Waals surface area contributed by atoms with E-state index in [1.54, 1.807) is 6.92 Å². The van der Waals surface area contributed by atoms with Crippen molar-refractivity contribution in [1.82, 2.24) is 5.01 Å². The monoisotopic (exact) mass is 591 g/mol. The molecule has 0 saturated heterocycles. The Bertz CT molecular complexity index is 1420. The Morgan fingerprint density at radius 1 is 0.975 bits per heavy atom. The van der Waals surface area contributed by atoms with Crippen LogP contribution in [-0.4, -0.2) is 29.9 Å². The van der Waals surface area contributed by atoms with Crippen LogP contribution in [0.5, 0.6) is 5.75 Å². The lowest BCUT2D eigenvalue weighted by Gasteiger charge is -2.27. The minimum absolute atomic E-state index is 0.0365. The molecule has 0 aromatic heterocycles. The number of rotatable bonds is 5. The Balaban J connectivity index is 1.69. The molecule has 0 radical (unpaired) electrons. The zero-order chi connectivity index (χ0) is 29.5. The molecular weight excluding hydrogens is 574 g/mol. The van der Waals surface area contributed by atoms with Crippen molar-refractivity contribution in [2.24, 2.45) is 5.10 Å². The molecule has 1 aliphatic heterocycles. The molecule has 0 saturated carbocycles. The molecule has 0 bridgehead atoms. The summed E-state index contributed by atoms with van der Waals surface area (Å²) in [6, 6.07) is 11.2. The first-order valence-corrected chi connectivity index (χ1v) is 11.7. The third-order valence-electron chi connectivity index (χ3n) is 6.17. The average molecular weight is 592 g/mol. The molecule has 1 heterocycles.